The molecule has 0 aromatic carbocycles. The fourth-order valence-electron chi connectivity index (χ4n) is 2.27. The molecule has 0 saturated heterocycles. The van der Waals surface area contributed by atoms with E-state index in [0.717, 1.165) is 16.5 Å². The number of hydrogen-bond donors (Lipinski definition) is 0. The molecule has 0 saturated carbocycles. The van der Waals surface area contributed by atoms with E-state index < -0.39 is 15.1 Å². The lowest BCUT2D eigenvalue weighted by atomic mass is 10.1. The molecule has 0 radical (unpaired) electrons. The average Bonchev–Trinajstić information content (AvgIpc) is 3.01. The first-order chi connectivity index (χ1) is 10.3. The van der Waals surface area contributed by atoms with Crippen molar-refractivity contribution in [2.24, 2.45) is 0 Å². The van der Waals surface area contributed by atoms with Crippen LogP contribution < -0.4 is 0 Å². The molecule has 0 aliphatic heterocycles. The second-order valence-electron chi connectivity index (χ2n) is 5.19. The molecule has 0 fully saturated rings. The first-order valence-electron chi connectivity index (χ1n) is 6.81. The van der Waals surface area contributed by atoms with E-state index in [9.17, 15) is 13.2 Å². The fourth-order valence-corrected chi connectivity index (χ4v) is 6.00. The van der Waals surface area contributed by atoms with Crippen molar-refractivity contribution in [2.75, 3.05) is 6.26 Å². The standard InChI is InChI=1S/C15H17BrO3S3/c1-10(17)14(22(2,18)19)5-3-4-11-6-7-12(20-11)13-8-9-15(16)21-13/h6-9,14H,3-5H2,1-2H3. The quantitative estimate of drug-likeness (QED) is 0.659. The zero-order valence-corrected chi connectivity index (χ0v) is 16.4. The zero-order valence-electron chi connectivity index (χ0n) is 12.3. The third kappa shape index (κ3) is 4.75. The molecule has 22 heavy (non-hydrogen) atoms. The molecule has 2 aromatic heterocycles. The van der Waals surface area contributed by atoms with Crippen LogP contribution in [0.2, 0.25) is 0 Å². The summed E-state index contributed by atoms with van der Waals surface area (Å²) in [6.45, 7) is 1.35. The summed E-state index contributed by atoms with van der Waals surface area (Å²) in [6, 6.07) is 8.29. The number of aryl methyl sites for hydroxylation is 1. The number of thiophene rings is 2. The van der Waals surface area contributed by atoms with Crippen LogP contribution in [0.1, 0.15) is 24.6 Å². The molecule has 120 valence electrons. The van der Waals surface area contributed by atoms with E-state index in [2.05, 4.69) is 34.1 Å². The van der Waals surface area contributed by atoms with Gasteiger partial charge in [-0.05, 0) is 66.4 Å². The predicted molar refractivity (Wildman–Crippen MR) is 97.6 cm³/mol. The summed E-state index contributed by atoms with van der Waals surface area (Å²) in [4.78, 5) is 15.1. The lowest BCUT2D eigenvalue weighted by Crippen LogP contribution is -2.27. The molecule has 0 spiro atoms. The lowest BCUT2D eigenvalue weighted by Gasteiger charge is -2.10. The second kappa shape index (κ2) is 7.38. The van der Waals surface area contributed by atoms with Crippen molar-refractivity contribution in [3.63, 3.8) is 0 Å². The number of sulfone groups is 1. The van der Waals surface area contributed by atoms with Gasteiger partial charge in [-0.3, -0.25) is 4.79 Å². The van der Waals surface area contributed by atoms with E-state index in [4.69, 9.17) is 0 Å². The van der Waals surface area contributed by atoms with E-state index in [1.807, 2.05) is 6.07 Å². The molecule has 0 aliphatic carbocycles. The van der Waals surface area contributed by atoms with Gasteiger partial charge in [0.25, 0.3) is 0 Å². The third-order valence-corrected chi connectivity index (χ3v) is 7.90. The highest BCUT2D eigenvalue weighted by atomic mass is 79.9. The smallest absolute Gasteiger partial charge is 0.157 e. The summed E-state index contributed by atoms with van der Waals surface area (Å²) in [5.41, 5.74) is 0. The Bertz CT molecular complexity index is 759. The highest BCUT2D eigenvalue weighted by Crippen LogP contribution is 2.36. The molecule has 0 amide bonds. The Kier molecular flexibility index (Phi) is 5.99. The number of hydrogen-bond acceptors (Lipinski definition) is 5. The average molecular weight is 421 g/mol. The van der Waals surface area contributed by atoms with Crippen LogP contribution >= 0.6 is 38.6 Å². The first kappa shape index (κ1) is 17.8. The Morgan fingerprint density at radius 3 is 2.36 bits per heavy atom. The monoisotopic (exact) mass is 420 g/mol. The van der Waals surface area contributed by atoms with Gasteiger partial charge < -0.3 is 0 Å². The minimum Gasteiger partial charge on any atom is -0.299 e. The number of rotatable bonds is 7. The molecule has 1 unspecified atom stereocenters. The van der Waals surface area contributed by atoms with Crippen LogP contribution in [0, 0.1) is 0 Å². The molecular weight excluding hydrogens is 404 g/mol. The molecule has 7 heteroatoms. The minimum atomic E-state index is -3.30. The van der Waals surface area contributed by atoms with Crippen LogP contribution in [0.5, 0.6) is 0 Å². The van der Waals surface area contributed by atoms with Crippen LogP contribution in [0.15, 0.2) is 28.1 Å². The Morgan fingerprint density at radius 2 is 1.82 bits per heavy atom. The normalized spacial score (nSPS) is 13.2. The maximum atomic E-state index is 11.6. The van der Waals surface area contributed by atoms with Crippen molar-refractivity contribution in [2.45, 2.75) is 31.4 Å². The van der Waals surface area contributed by atoms with Crippen LogP contribution in [0.25, 0.3) is 9.75 Å². The highest BCUT2D eigenvalue weighted by molar-refractivity contribution is 9.11. The van der Waals surface area contributed by atoms with Gasteiger partial charge in [0.1, 0.15) is 11.0 Å². The minimum absolute atomic E-state index is 0.266. The SMILES string of the molecule is CC(=O)C(CCCc1ccc(-c2ccc(Br)s2)s1)S(C)(=O)=O. The van der Waals surface area contributed by atoms with Gasteiger partial charge in [0.15, 0.2) is 9.84 Å². The molecule has 0 bridgehead atoms. The van der Waals surface area contributed by atoms with Crippen LogP contribution in [-0.2, 0) is 21.1 Å². The molecule has 1 atom stereocenters. The van der Waals surface area contributed by atoms with E-state index >= 15 is 0 Å². The van der Waals surface area contributed by atoms with E-state index in [-0.39, 0.29) is 5.78 Å². The van der Waals surface area contributed by atoms with Gasteiger partial charge in [-0.2, -0.15) is 0 Å². The summed E-state index contributed by atoms with van der Waals surface area (Å²) in [6.07, 6.45) is 3.03. The lowest BCUT2D eigenvalue weighted by molar-refractivity contribution is -0.116. The molecule has 0 N–H and O–H groups in total. The predicted octanol–water partition coefficient (Wildman–Crippen LogP) is 4.56. The molecule has 2 heterocycles. The van der Waals surface area contributed by atoms with Crippen molar-refractivity contribution in [3.8, 4) is 9.75 Å². The summed E-state index contributed by atoms with van der Waals surface area (Å²) in [5.74, 6) is -0.266. The summed E-state index contributed by atoms with van der Waals surface area (Å²) >= 11 is 6.88. The number of halogens is 1. The number of carbonyl (C=O) groups is 1. The Balaban J connectivity index is 1.95. The fraction of sp³-hybridized carbons (Fsp3) is 0.400. The van der Waals surface area contributed by atoms with E-state index in [1.54, 1.807) is 22.7 Å². The Hall–Kier alpha value is -0.500. The number of ketones is 1. The molecule has 3 nitrogen and oxygen atoms in total. The largest absolute Gasteiger partial charge is 0.299 e. The molecule has 2 aromatic rings. The summed E-state index contributed by atoms with van der Waals surface area (Å²) < 4.78 is 24.3. The summed E-state index contributed by atoms with van der Waals surface area (Å²) in [7, 11) is -3.30. The van der Waals surface area contributed by atoms with Gasteiger partial charge in [-0.1, -0.05) is 0 Å². The van der Waals surface area contributed by atoms with Gasteiger partial charge in [-0.25, -0.2) is 8.42 Å². The number of Topliss-reactive ketones (excluding diaryl/α,β-unsaturated/α-hetero) is 1. The van der Waals surface area contributed by atoms with E-state index in [1.165, 1.54) is 21.6 Å². The third-order valence-electron chi connectivity index (χ3n) is 3.34. The van der Waals surface area contributed by atoms with E-state index in [0.29, 0.717) is 12.8 Å². The van der Waals surface area contributed by atoms with Gasteiger partial charge in [0.05, 0.1) is 3.79 Å². The van der Waals surface area contributed by atoms with Crippen molar-refractivity contribution in [3.05, 3.63) is 32.9 Å². The Labute approximate surface area is 147 Å². The number of carbonyl (C=O) groups excluding carboxylic acids is 1. The Morgan fingerprint density at radius 1 is 1.18 bits per heavy atom. The topological polar surface area (TPSA) is 51.2 Å². The molecular formula is C15H17BrO3S3. The van der Waals surface area contributed by atoms with Crippen LogP contribution in [-0.4, -0.2) is 25.7 Å². The van der Waals surface area contributed by atoms with Crippen LogP contribution in [0.4, 0.5) is 0 Å². The second-order valence-corrected chi connectivity index (χ2v) is 11.1. The van der Waals surface area contributed by atoms with Crippen LogP contribution in [0.3, 0.4) is 0 Å². The zero-order chi connectivity index (χ0) is 16.3. The first-order valence-corrected chi connectivity index (χ1v) is 11.2. The van der Waals surface area contributed by atoms with Crippen molar-refractivity contribution in [1.82, 2.24) is 0 Å². The molecule has 0 aliphatic rings. The highest BCUT2D eigenvalue weighted by Gasteiger charge is 2.24. The van der Waals surface area contributed by atoms with Gasteiger partial charge in [-0.15, -0.1) is 22.7 Å². The molecule has 2 rings (SSSR count). The van der Waals surface area contributed by atoms with Gasteiger partial charge in [0, 0.05) is 20.9 Å². The van der Waals surface area contributed by atoms with Gasteiger partial charge >= 0.3 is 0 Å². The van der Waals surface area contributed by atoms with Gasteiger partial charge in [0.2, 0.25) is 0 Å². The van der Waals surface area contributed by atoms with Crippen molar-refractivity contribution < 1.29 is 13.2 Å². The van der Waals surface area contributed by atoms with Crippen molar-refractivity contribution in [1.29, 1.82) is 0 Å². The maximum Gasteiger partial charge on any atom is 0.157 e. The summed E-state index contributed by atoms with van der Waals surface area (Å²) in [5, 5.41) is -0.861. The van der Waals surface area contributed by atoms with Crippen molar-refractivity contribution >= 4 is 54.2 Å². The maximum absolute atomic E-state index is 11.6.